The van der Waals surface area contributed by atoms with Crippen molar-refractivity contribution in [3.63, 3.8) is 0 Å². The van der Waals surface area contributed by atoms with Gasteiger partial charge in [0.25, 0.3) is 6.43 Å². The van der Waals surface area contributed by atoms with Gasteiger partial charge in [-0.15, -0.1) is 0 Å². The van der Waals surface area contributed by atoms with Gasteiger partial charge in [-0.3, -0.25) is 4.79 Å². The summed E-state index contributed by atoms with van der Waals surface area (Å²) in [6, 6.07) is 3.97. The number of aromatic nitrogens is 2. The molecule has 2 aliphatic rings. The Kier molecular flexibility index (Phi) is 5.08. The van der Waals surface area contributed by atoms with Gasteiger partial charge in [0.15, 0.2) is 5.82 Å². The van der Waals surface area contributed by atoms with Gasteiger partial charge in [-0.25, -0.2) is 23.5 Å². The zero-order chi connectivity index (χ0) is 21.6. The molecule has 160 valence electrons. The number of hydrogen-bond donors (Lipinski definition) is 1. The van der Waals surface area contributed by atoms with Crippen molar-refractivity contribution in [3.8, 4) is 17.1 Å². The highest BCUT2D eigenvalue weighted by atomic mass is 19.3. The maximum Gasteiger partial charge on any atom is 0.416 e. The highest BCUT2D eigenvalue weighted by Crippen LogP contribution is 2.38. The molecule has 0 saturated carbocycles. The number of rotatable bonds is 5. The van der Waals surface area contributed by atoms with Crippen LogP contribution in [-0.4, -0.2) is 47.2 Å². The van der Waals surface area contributed by atoms with Gasteiger partial charge in [0, 0.05) is 12.1 Å². The van der Waals surface area contributed by atoms with Crippen molar-refractivity contribution in [2.75, 3.05) is 18.1 Å². The van der Waals surface area contributed by atoms with E-state index in [9.17, 15) is 18.4 Å². The Hall–Kier alpha value is -3.17. The number of nitrogens with two attached hydrogens (primary N) is 1. The molecule has 2 aromatic rings. The third-order valence-corrected chi connectivity index (χ3v) is 5.43. The molecule has 1 fully saturated rings. The number of anilines is 1. The fourth-order valence-electron chi connectivity index (χ4n) is 3.66. The van der Waals surface area contributed by atoms with E-state index in [1.165, 1.54) is 0 Å². The maximum absolute atomic E-state index is 13.4. The summed E-state index contributed by atoms with van der Waals surface area (Å²) in [5.74, 6) is 0.483. The van der Waals surface area contributed by atoms with E-state index in [4.69, 9.17) is 15.2 Å². The van der Waals surface area contributed by atoms with Crippen LogP contribution in [0.25, 0.3) is 11.4 Å². The Labute approximate surface area is 171 Å². The SMILES string of the molecule is C[C@H](Cc1ccc2c(c1)OC[C@H](C)n1cc(N3C(=O)OC[C@H]3C(F)F)nc1-2)C(N)=O. The lowest BCUT2D eigenvalue weighted by Crippen LogP contribution is -2.38. The summed E-state index contributed by atoms with van der Waals surface area (Å²) in [6.45, 7) is 3.61. The molecule has 1 aromatic heterocycles. The Morgan fingerprint density at radius 3 is 2.80 bits per heavy atom. The first-order chi connectivity index (χ1) is 14.3. The topological polar surface area (TPSA) is 99.7 Å². The number of carbonyl (C=O) groups excluding carboxylic acids is 2. The largest absolute Gasteiger partial charge is 0.491 e. The second-order valence-corrected chi connectivity index (χ2v) is 7.68. The Morgan fingerprint density at radius 1 is 1.33 bits per heavy atom. The summed E-state index contributed by atoms with van der Waals surface area (Å²) in [4.78, 5) is 28.8. The van der Waals surface area contributed by atoms with Crippen LogP contribution in [0.5, 0.6) is 5.75 Å². The molecule has 10 heteroatoms. The summed E-state index contributed by atoms with van der Waals surface area (Å²) in [7, 11) is 0. The van der Waals surface area contributed by atoms with E-state index in [1.807, 2.05) is 25.1 Å². The van der Waals surface area contributed by atoms with Gasteiger partial charge in [0.2, 0.25) is 5.91 Å². The monoisotopic (exact) mass is 420 g/mol. The van der Waals surface area contributed by atoms with E-state index in [-0.39, 0.29) is 30.3 Å². The van der Waals surface area contributed by atoms with Gasteiger partial charge in [-0.05, 0) is 31.0 Å². The average Bonchev–Trinajstić information content (AvgIpc) is 3.26. The van der Waals surface area contributed by atoms with Gasteiger partial charge in [0.1, 0.15) is 30.8 Å². The number of fused-ring (bicyclic) bond motifs is 3. The molecule has 2 amide bonds. The molecule has 1 saturated heterocycles. The average molecular weight is 420 g/mol. The van der Waals surface area contributed by atoms with E-state index in [2.05, 4.69) is 4.98 Å². The highest BCUT2D eigenvalue weighted by Gasteiger charge is 2.42. The van der Waals surface area contributed by atoms with Gasteiger partial charge >= 0.3 is 6.09 Å². The van der Waals surface area contributed by atoms with E-state index in [0.717, 1.165) is 10.5 Å². The molecule has 3 heterocycles. The van der Waals surface area contributed by atoms with Crippen LogP contribution in [0.15, 0.2) is 24.4 Å². The molecular formula is C20H22F2N4O4. The summed E-state index contributed by atoms with van der Waals surface area (Å²) in [5, 5.41) is 0. The number of halogens is 2. The fourth-order valence-corrected chi connectivity index (χ4v) is 3.66. The smallest absolute Gasteiger partial charge is 0.416 e. The number of carbonyl (C=O) groups is 2. The molecule has 1 aromatic carbocycles. The molecule has 3 atom stereocenters. The summed E-state index contributed by atoms with van der Waals surface area (Å²) >= 11 is 0. The molecule has 2 N–H and O–H groups in total. The molecule has 0 unspecified atom stereocenters. The zero-order valence-corrected chi connectivity index (χ0v) is 16.5. The highest BCUT2D eigenvalue weighted by molar-refractivity contribution is 5.89. The lowest BCUT2D eigenvalue weighted by Gasteiger charge is -2.18. The minimum Gasteiger partial charge on any atom is -0.491 e. The molecule has 0 aliphatic carbocycles. The van der Waals surface area contributed by atoms with Gasteiger partial charge in [-0.1, -0.05) is 13.0 Å². The lowest BCUT2D eigenvalue weighted by atomic mass is 9.99. The molecule has 2 aliphatic heterocycles. The molecule has 8 nitrogen and oxygen atoms in total. The second-order valence-electron chi connectivity index (χ2n) is 7.68. The van der Waals surface area contributed by atoms with E-state index in [1.54, 1.807) is 17.7 Å². The number of alkyl halides is 2. The van der Waals surface area contributed by atoms with Crippen molar-refractivity contribution >= 4 is 17.8 Å². The number of ether oxygens (including phenoxy) is 2. The first-order valence-electron chi connectivity index (χ1n) is 9.64. The number of nitrogens with zero attached hydrogens (tertiary/aromatic N) is 3. The van der Waals surface area contributed by atoms with Crippen molar-refractivity contribution in [2.45, 2.75) is 38.8 Å². The summed E-state index contributed by atoms with van der Waals surface area (Å²) < 4.78 is 39.3. The molecule has 0 spiro atoms. The minimum absolute atomic E-state index is 0.115. The first kappa shape index (κ1) is 20.1. The number of benzene rings is 1. The third-order valence-electron chi connectivity index (χ3n) is 5.43. The van der Waals surface area contributed by atoms with Crippen molar-refractivity contribution in [1.82, 2.24) is 9.55 Å². The van der Waals surface area contributed by atoms with Crippen LogP contribution in [0.2, 0.25) is 0 Å². The van der Waals surface area contributed by atoms with Crippen LogP contribution in [0.4, 0.5) is 19.4 Å². The molecular weight excluding hydrogens is 398 g/mol. The van der Waals surface area contributed by atoms with Crippen LogP contribution < -0.4 is 15.4 Å². The number of cyclic esters (lactones) is 1. The Morgan fingerprint density at radius 2 is 2.10 bits per heavy atom. The van der Waals surface area contributed by atoms with Crippen LogP contribution in [0, 0.1) is 5.92 Å². The predicted molar refractivity (Wildman–Crippen MR) is 104 cm³/mol. The van der Waals surface area contributed by atoms with Crippen molar-refractivity contribution in [1.29, 1.82) is 0 Å². The van der Waals surface area contributed by atoms with Crippen LogP contribution in [0.3, 0.4) is 0 Å². The number of primary amides is 1. The molecule has 4 rings (SSSR count). The maximum atomic E-state index is 13.4. The quantitative estimate of drug-likeness (QED) is 0.802. The normalized spacial score (nSPS) is 21.5. The second kappa shape index (κ2) is 7.58. The van der Waals surface area contributed by atoms with Gasteiger partial charge in [0.05, 0.1) is 11.6 Å². The van der Waals surface area contributed by atoms with Crippen molar-refractivity contribution < 1.29 is 27.8 Å². The summed E-state index contributed by atoms with van der Waals surface area (Å²) in [6.07, 6.45) is -1.55. The van der Waals surface area contributed by atoms with Gasteiger partial charge < -0.3 is 19.8 Å². The third kappa shape index (κ3) is 3.46. The number of hydrogen-bond acceptors (Lipinski definition) is 5. The fraction of sp³-hybridized carbons (Fsp3) is 0.450. The lowest BCUT2D eigenvalue weighted by molar-refractivity contribution is -0.121. The predicted octanol–water partition coefficient (Wildman–Crippen LogP) is 2.76. The molecule has 30 heavy (non-hydrogen) atoms. The van der Waals surface area contributed by atoms with E-state index >= 15 is 0 Å². The Balaban J connectivity index is 1.72. The minimum atomic E-state index is -2.75. The van der Waals surface area contributed by atoms with Crippen LogP contribution in [0.1, 0.15) is 25.5 Å². The molecule has 0 bridgehead atoms. The van der Waals surface area contributed by atoms with Crippen molar-refractivity contribution in [3.05, 3.63) is 30.0 Å². The van der Waals surface area contributed by atoms with Crippen molar-refractivity contribution in [2.24, 2.45) is 11.7 Å². The van der Waals surface area contributed by atoms with E-state index in [0.29, 0.717) is 30.2 Å². The van der Waals surface area contributed by atoms with Crippen LogP contribution in [-0.2, 0) is 16.0 Å². The standard InChI is InChI=1S/C20H22F2N4O4/c1-10(18(23)27)5-12-3-4-13-15(6-12)29-8-11(2)25-7-16(24-19(13)25)26-14(17(21)22)9-30-20(26)28/h3-4,6-7,10-11,14,17H,5,8-9H2,1-2H3,(H2,23,27)/t10-,11+,14+/m1/s1. The zero-order valence-electron chi connectivity index (χ0n) is 16.5. The van der Waals surface area contributed by atoms with Gasteiger partial charge in [-0.2, -0.15) is 0 Å². The Bertz CT molecular complexity index is 993. The number of imidazole rings is 1. The van der Waals surface area contributed by atoms with E-state index < -0.39 is 18.6 Å². The number of amides is 2. The summed E-state index contributed by atoms with van der Waals surface area (Å²) in [5.41, 5.74) is 6.91. The molecule has 0 radical (unpaired) electrons. The van der Waals surface area contributed by atoms with Crippen LogP contribution >= 0.6 is 0 Å². The first-order valence-corrected chi connectivity index (χ1v) is 9.64.